The van der Waals surface area contributed by atoms with Crippen molar-refractivity contribution in [3.63, 3.8) is 0 Å². The van der Waals surface area contributed by atoms with E-state index >= 15 is 0 Å². The Labute approximate surface area is 165 Å². The van der Waals surface area contributed by atoms with E-state index in [1.54, 1.807) is 31.2 Å². The fourth-order valence-electron chi connectivity index (χ4n) is 2.78. The van der Waals surface area contributed by atoms with Crippen LogP contribution in [-0.2, 0) is 16.3 Å². The van der Waals surface area contributed by atoms with Crippen LogP contribution in [0.3, 0.4) is 0 Å². The van der Waals surface area contributed by atoms with E-state index in [1.807, 2.05) is 13.0 Å². The van der Waals surface area contributed by atoms with Crippen LogP contribution in [0.2, 0.25) is 0 Å². The minimum absolute atomic E-state index is 0.0488. The van der Waals surface area contributed by atoms with E-state index in [0.717, 1.165) is 16.2 Å². The molecule has 0 atom stereocenters. The largest absolute Gasteiger partial charge is 0.366 e. The number of nitrogens with two attached hydrogens (primary N) is 1. The Kier molecular flexibility index (Phi) is 5.32. The lowest BCUT2D eigenvalue weighted by Crippen LogP contribution is -2.15. The van der Waals surface area contributed by atoms with Gasteiger partial charge < -0.3 is 5.73 Å². The van der Waals surface area contributed by atoms with Crippen LogP contribution in [0.15, 0.2) is 51.6 Å². The Hall–Kier alpha value is -2.29. The predicted octanol–water partition coefficient (Wildman–Crippen LogP) is 3.78. The highest BCUT2D eigenvalue weighted by molar-refractivity contribution is 7.93. The van der Waals surface area contributed by atoms with Crippen LogP contribution >= 0.6 is 22.7 Å². The van der Waals surface area contributed by atoms with Crippen LogP contribution in [0.25, 0.3) is 0 Å². The molecule has 2 aromatic heterocycles. The molecule has 5 nitrogen and oxygen atoms in total. The lowest BCUT2D eigenvalue weighted by Gasteiger charge is -2.03. The number of benzene rings is 1. The second-order valence-corrected chi connectivity index (χ2v) is 10.5. The number of ketones is 1. The lowest BCUT2D eigenvalue weighted by atomic mass is 10.1. The third-order valence-electron chi connectivity index (χ3n) is 4.06. The van der Waals surface area contributed by atoms with Crippen molar-refractivity contribution in [3.8, 4) is 0 Å². The van der Waals surface area contributed by atoms with Crippen LogP contribution in [0.1, 0.15) is 35.3 Å². The van der Waals surface area contributed by atoms with E-state index in [2.05, 4.69) is 0 Å². The van der Waals surface area contributed by atoms with Gasteiger partial charge in [-0.1, -0.05) is 18.2 Å². The molecule has 0 bridgehead atoms. The maximum Gasteiger partial charge on any atom is 0.250 e. The van der Waals surface area contributed by atoms with E-state index in [9.17, 15) is 18.0 Å². The van der Waals surface area contributed by atoms with E-state index in [4.69, 9.17) is 5.73 Å². The molecule has 0 aliphatic carbocycles. The van der Waals surface area contributed by atoms with E-state index < -0.39 is 15.7 Å². The zero-order valence-corrected chi connectivity index (χ0v) is 17.1. The van der Waals surface area contributed by atoms with Gasteiger partial charge in [-0.2, -0.15) is 0 Å². The summed E-state index contributed by atoms with van der Waals surface area (Å²) in [7, 11) is -3.80. The first-order valence-corrected chi connectivity index (χ1v) is 11.1. The predicted molar refractivity (Wildman–Crippen MR) is 107 cm³/mol. The second kappa shape index (κ2) is 7.38. The maximum absolute atomic E-state index is 13.0. The Morgan fingerprint density at radius 3 is 2.22 bits per heavy atom. The normalized spacial score (nSPS) is 11.5. The number of carbonyl (C=O) groups is 2. The summed E-state index contributed by atoms with van der Waals surface area (Å²) in [5.74, 6) is -0.899. The van der Waals surface area contributed by atoms with Crippen molar-refractivity contribution in [2.24, 2.45) is 5.73 Å². The van der Waals surface area contributed by atoms with Crippen molar-refractivity contribution in [1.82, 2.24) is 0 Å². The quantitative estimate of drug-likeness (QED) is 0.615. The molecule has 0 unspecified atom stereocenters. The van der Waals surface area contributed by atoms with Gasteiger partial charge in [-0.25, -0.2) is 8.42 Å². The minimum Gasteiger partial charge on any atom is -0.366 e. The molecule has 0 saturated carbocycles. The zero-order chi connectivity index (χ0) is 19.8. The zero-order valence-electron chi connectivity index (χ0n) is 14.7. The topological polar surface area (TPSA) is 94.3 Å². The summed E-state index contributed by atoms with van der Waals surface area (Å²) >= 11 is 2.30. The minimum atomic E-state index is -3.80. The number of sulfone groups is 1. The molecule has 0 aliphatic heterocycles. The number of hydrogen-bond acceptors (Lipinski definition) is 6. The van der Waals surface area contributed by atoms with Crippen molar-refractivity contribution in [3.05, 3.63) is 68.2 Å². The molecule has 0 spiro atoms. The summed E-state index contributed by atoms with van der Waals surface area (Å²) < 4.78 is 26.0. The number of aryl methyl sites for hydroxylation is 1. The molecule has 2 N–H and O–H groups in total. The van der Waals surface area contributed by atoms with Crippen molar-refractivity contribution >= 4 is 44.2 Å². The standard InChI is InChI=1S/C19H17NO4S3/c1-11-8-9-15(25-11)14(21)10-16-17(18(20)22)12(2)19(26-16)27(23,24)13-6-4-3-5-7-13/h3-9H,10H2,1-2H3,(H2,20,22). The first kappa shape index (κ1) is 19.5. The van der Waals surface area contributed by atoms with E-state index in [0.29, 0.717) is 15.3 Å². The molecule has 0 fully saturated rings. The number of carbonyl (C=O) groups excluding carboxylic acids is 2. The molecular weight excluding hydrogens is 402 g/mol. The highest BCUT2D eigenvalue weighted by Gasteiger charge is 2.29. The third kappa shape index (κ3) is 3.73. The molecule has 3 aromatic rings. The first-order valence-electron chi connectivity index (χ1n) is 8.03. The van der Waals surface area contributed by atoms with Crippen LogP contribution in [0.4, 0.5) is 0 Å². The van der Waals surface area contributed by atoms with Crippen molar-refractivity contribution in [1.29, 1.82) is 0 Å². The Morgan fingerprint density at radius 2 is 1.67 bits per heavy atom. The Balaban J connectivity index is 2.07. The molecule has 2 heterocycles. The molecule has 0 aliphatic rings. The molecule has 0 saturated heterocycles. The second-order valence-electron chi connectivity index (χ2n) is 6.00. The fourth-order valence-corrected chi connectivity index (χ4v) is 6.88. The van der Waals surface area contributed by atoms with Gasteiger partial charge in [0, 0.05) is 16.2 Å². The molecule has 140 valence electrons. The van der Waals surface area contributed by atoms with Gasteiger partial charge in [0.25, 0.3) is 0 Å². The van der Waals surface area contributed by atoms with Gasteiger partial charge in [0.05, 0.1) is 15.3 Å². The van der Waals surface area contributed by atoms with Gasteiger partial charge in [0.1, 0.15) is 4.21 Å². The number of rotatable bonds is 6. The summed E-state index contributed by atoms with van der Waals surface area (Å²) in [5.41, 5.74) is 5.91. The Morgan fingerprint density at radius 1 is 1.00 bits per heavy atom. The maximum atomic E-state index is 13.0. The van der Waals surface area contributed by atoms with Gasteiger partial charge in [-0.15, -0.1) is 22.7 Å². The highest BCUT2D eigenvalue weighted by atomic mass is 32.2. The first-order chi connectivity index (χ1) is 12.7. The smallest absolute Gasteiger partial charge is 0.250 e. The third-order valence-corrected chi connectivity index (χ3v) is 8.78. The monoisotopic (exact) mass is 419 g/mol. The SMILES string of the molecule is Cc1ccc(C(=O)Cc2sc(S(=O)(=O)c3ccccc3)c(C)c2C(N)=O)s1. The van der Waals surface area contributed by atoms with Gasteiger partial charge >= 0.3 is 0 Å². The van der Waals surface area contributed by atoms with Gasteiger partial charge in [0.15, 0.2) is 5.78 Å². The van der Waals surface area contributed by atoms with E-state index in [1.165, 1.54) is 23.5 Å². The number of hydrogen-bond donors (Lipinski definition) is 1. The fraction of sp³-hybridized carbons (Fsp3) is 0.158. The van der Waals surface area contributed by atoms with Gasteiger partial charge in [0.2, 0.25) is 15.7 Å². The lowest BCUT2D eigenvalue weighted by molar-refractivity contribution is 0.0995. The van der Waals surface area contributed by atoms with Crippen LogP contribution < -0.4 is 5.73 Å². The van der Waals surface area contributed by atoms with Gasteiger partial charge in [-0.05, 0) is 43.7 Å². The van der Waals surface area contributed by atoms with Crippen LogP contribution in [0, 0.1) is 13.8 Å². The summed E-state index contributed by atoms with van der Waals surface area (Å²) in [6.45, 7) is 3.45. The van der Waals surface area contributed by atoms with E-state index in [-0.39, 0.29) is 26.9 Å². The number of Topliss-reactive ketones (excluding diaryl/α,β-unsaturated/α-hetero) is 1. The van der Waals surface area contributed by atoms with Crippen LogP contribution in [0.5, 0.6) is 0 Å². The van der Waals surface area contributed by atoms with Crippen molar-refractivity contribution in [2.75, 3.05) is 0 Å². The summed E-state index contributed by atoms with van der Waals surface area (Å²) in [4.78, 5) is 26.6. The average molecular weight is 420 g/mol. The number of amides is 1. The summed E-state index contributed by atoms with van der Waals surface area (Å²) in [5, 5.41) is 0. The summed E-state index contributed by atoms with van der Waals surface area (Å²) in [6.07, 6.45) is -0.0615. The summed E-state index contributed by atoms with van der Waals surface area (Å²) in [6, 6.07) is 11.6. The Bertz CT molecular complexity index is 1130. The molecule has 3 rings (SSSR count). The van der Waals surface area contributed by atoms with Gasteiger partial charge in [-0.3, -0.25) is 9.59 Å². The average Bonchev–Trinajstić information content (AvgIpc) is 3.19. The number of thiophene rings is 2. The number of primary amides is 1. The molecule has 0 radical (unpaired) electrons. The van der Waals surface area contributed by atoms with Crippen molar-refractivity contribution < 1.29 is 18.0 Å². The molecule has 27 heavy (non-hydrogen) atoms. The molecule has 8 heteroatoms. The van der Waals surface area contributed by atoms with Crippen LogP contribution in [-0.4, -0.2) is 20.1 Å². The highest BCUT2D eigenvalue weighted by Crippen LogP contribution is 2.36. The molecular formula is C19H17NO4S3. The molecule has 1 amide bonds. The molecule has 1 aromatic carbocycles. The van der Waals surface area contributed by atoms with Crippen molar-refractivity contribution in [2.45, 2.75) is 29.4 Å².